The van der Waals surface area contributed by atoms with Crippen LogP contribution in [0.3, 0.4) is 0 Å². The highest BCUT2D eigenvalue weighted by molar-refractivity contribution is 5.07. The molecule has 0 aliphatic carbocycles. The second kappa shape index (κ2) is 15.4. The molecule has 0 amide bonds. The van der Waals surface area contributed by atoms with E-state index >= 15 is 0 Å². The van der Waals surface area contributed by atoms with Crippen molar-refractivity contribution >= 4 is 0 Å². The van der Waals surface area contributed by atoms with E-state index in [1.54, 1.807) is 4.80 Å². The van der Waals surface area contributed by atoms with Crippen molar-refractivity contribution in [2.45, 2.75) is 90.1 Å². The molecule has 292 valence electrons. The van der Waals surface area contributed by atoms with Gasteiger partial charge in [-0.15, -0.1) is 20.4 Å². The number of hydrogen-bond acceptors (Lipinski definition) is 16. The highest BCUT2D eigenvalue weighted by atomic mass is 16.5. The van der Waals surface area contributed by atoms with Gasteiger partial charge < -0.3 is 28.6 Å². The van der Waals surface area contributed by atoms with E-state index in [4.69, 9.17) is 9.05 Å². The summed E-state index contributed by atoms with van der Waals surface area (Å²) < 4.78 is 10.5. The molecule has 13 heterocycles. The van der Waals surface area contributed by atoms with E-state index in [-0.39, 0.29) is 0 Å². The van der Waals surface area contributed by atoms with Crippen LogP contribution in [-0.2, 0) is 6.42 Å². The normalized spacial score (nSPS) is 36.4. The molecule has 4 aromatic rings. The minimum atomic E-state index is 0.471. The van der Waals surface area contributed by atoms with Crippen molar-refractivity contribution in [2.24, 2.45) is 23.7 Å². The second-order valence-corrected chi connectivity index (χ2v) is 16.8. The average molecular weight is 745 g/mol. The van der Waals surface area contributed by atoms with Gasteiger partial charge in [0.1, 0.15) is 0 Å². The van der Waals surface area contributed by atoms with Gasteiger partial charge >= 0.3 is 0 Å². The van der Waals surface area contributed by atoms with Gasteiger partial charge in [-0.05, 0) is 120 Å². The molecule has 18 nitrogen and oxygen atoms in total. The number of tetrazole rings is 2. The number of fused-ring (bicyclic) bond motifs is 9. The lowest BCUT2D eigenvalue weighted by molar-refractivity contribution is 0.0435. The third-order valence-corrected chi connectivity index (χ3v) is 13.2. The van der Waals surface area contributed by atoms with Crippen LogP contribution >= 0.6 is 0 Å². The Morgan fingerprint density at radius 3 is 1.39 bits per heavy atom. The molecule has 0 N–H and O–H groups in total. The van der Waals surface area contributed by atoms with Crippen molar-refractivity contribution in [3.8, 4) is 0 Å². The summed E-state index contributed by atoms with van der Waals surface area (Å²) in [6.07, 6.45) is 7.35. The molecule has 9 fully saturated rings. The number of nitrogens with zero attached hydrogens (tertiary/aromatic N) is 16. The van der Waals surface area contributed by atoms with Crippen LogP contribution in [0, 0.1) is 44.4 Å². The number of aromatic nitrogens is 12. The monoisotopic (exact) mass is 744 g/mol. The van der Waals surface area contributed by atoms with Crippen molar-refractivity contribution in [1.82, 2.24) is 80.3 Å². The zero-order valence-corrected chi connectivity index (χ0v) is 32.3. The van der Waals surface area contributed by atoms with E-state index in [0.717, 1.165) is 91.4 Å². The van der Waals surface area contributed by atoms with E-state index in [2.05, 4.69) is 77.6 Å². The summed E-state index contributed by atoms with van der Waals surface area (Å²) in [5.41, 5.74) is 0. The molecule has 0 spiro atoms. The number of hydrogen-bond donors (Lipinski definition) is 0. The maximum Gasteiger partial charge on any atom is 0.231 e. The Bertz CT molecular complexity index is 1760. The standard InChI is InChI=1S/C10H15N3O.C9H15N5.C9H13N3O.C8H13N5/c1-2-9-11-10(14-12-9)8-6-13-4-3-7(8)5-13;1-7-10-12-14(11-7)9-6-13-4-2-8(9)3-5-13;1-6-10-9(13-11-6)8-5-12-3-2-7(8)4-12;1-6-9-11-13(10-6)8-5-12-3-2-7(8)4-12/h7-8H,2-6H2,1H3;8-9H,2-6H2,1H3;2*7-8H,2-5H2,1H3/t;;;7-,8-/m...0/s1. The minimum Gasteiger partial charge on any atom is -0.339 e. The molecule has 0 aromatic carbocycles. The number of piperidine rings is 6. The number of aryl methyl sites for hydroxylation is 4. The largest absolute Gasteiger partial charge is 0.339 e. The van der Waals surface area contributed by atoms with Crippen molar-refractivity contribution in [3.05, 3.63) is 35.1 Å². The maximum absolute atomic E-state index is 5.30. The average Bonchev–Trinajstić information content (AvgIpc) is 4.04. The van der Waals surface area contributed by atoms with Crippen LogP contribution < -0.4 is 0 Å². The summed E-state index contributed by atoms with van der Waals surface area (Å²) >= 11 is 0. The predicted octanol–water partition coefficient (Wildman–Crippen LogP) is 1.95. The second-order valence-electron chi connectivity index (χ2n) is 16.8. The molecule has 18 heteroatoms. The summed E-state index contributed by atoms with van der Waals surface area (Å²) in [7, 11) is 0. The zero-order valence-electron chi connectivity index (χ0n) is 32.3. The van der Waals surface area contributed by atoms with Crippen LogP contribution in [0.15, 0.2) is 9.05 Å². The third-order valence-electron chi connectivity index (χ3n) is 13.2. The molecule has 13 rings (SSSR count). The van der Waals surface area contributed by atoms with Crippen LogP contribution in [0.4, 0.5) is 0 Å². The van der Waals surface area contributed by atoms with Crippen molar-refractivity contribution < 1.29 is 9.05 Å². The van der Waals surface area contributed by atoms with E-state index in [1.807, 2.05) is 25.6 Å². The summed E-state index contributed by atoms with van der Waals surface area (Å²) in [4.78, 5) is 22.3. The highest BCUT2D eigenvalue weighted by Crippen LogP contribution is 2.40. The van der Waals surface area contributed by atoms with Gasteiger partial charge in [-0.25, -0.2) is 0 Å². The van der Waals surface area contributed by atoms with E-state index in [1.165, 1.54) is 84.5 Å². The number of rotatable bonds is 5. The third kappa shape index (κ3) is 7.58. The predicted molar refractivity (Wildman–Crippen MR) is 194 cm³/mol. The lowest BCUT2D eigenvalue weighted by Gasteiger charge is -2.43. The van der Waals surface area contributed by atoms with Gasteiger partial charge in [0.25, 0.3) is 0 Å². The fourth-order valence-electron chi connectivity index (χ4n) is 10.2. The molecule has 10 atom stereocenters. The van der Waals surface area contributed by atoms with Crippen molar-refractivity contribution in [1.29, 1.82) is 0 Å². The Morgan fingerprint density at radius 2 is 1.00 bits per heavy atom. The lowest BCUT2D eigenvalue weighted by atomic mass is 9.84. The van der Waals surface area contributed by atoms with E-state index in [0.29, 0.717) is 23.9 Å². The van der Waals surface area contributed by atoms with Gasteiger partial charge in [-0.2, -0.15) is 19.6 Å². The Kier molecular flexibility index (Phi) is 10.3. The SMILES string of the molecule is CCc1noc(C2CN3CCC2C3)n1.Cc1nnn(C2CN3CCC2CC3)n1.Cc1nnn([C@H]2CN3CC[C@H]2C3)n1.Cc1noc(C2CN3CCC2C3)n1. The van der Waals surface area contributed by atoms with Gasteiger partial charge in [0, 0.05) is 52.2 Å². The van der Waals surface area contributed by atoms with Crippen LogP contribution in [0.2, 0.25) is 0 Å². The smallest absolute Gasteiger partial charge is 0.231 e. The molecule has 9 aliphatic rings. The molecule has 8 bridgehead atoms. The van der Waals surface area contributed by atoms with Crippen molar-refractivity contribution in [2.75, 3.05) is 78.5 Å². The van der Waals surface area contributed by atoms with Crippen LogP contribution in [0.1, 0.15) is 98.0 Å². The molecule has 8 unspecified atom stereocenters. The van der Waals surface area contributed by atoms with Gasteiger partial charge in [0.15, 0.2) is 23.3 Å². The molecule has 54 heavy (non-hydrogen) atoms. The molecule has 9 saturated heterocycles. The van der Waals surface area contributed by atoms with E-state index in [9.17, 15) is 0 Å². The molecule has 9 aliphatic heterocycles. The van der Waals surface area contributed by atoms with Gasteiger partial charge in [-0.3, -0.25) is 0 Å². The van der Waals surface area contributed by atoms with Crippen LogP contribution in [0.5, 0.6) is 0 Å². The Morgan fingerprint density at radius 1 is 0.519 bits per heavy atom. The minimum absolute atomic E-state index is 0.471. The quantitative estimate of drug-likeness (QED) is 0.289. The first-order valence-corrected chi connectivity index (χ1v) is 20.4. The summed E-state index contributed by atoms with van der Waals surface area (Å²) in [6.45, 7) is 22.2. The van der Waals surface area contributed by atoms with Gasteiger partial charge in [0.2, 0.25) is 11.8 Å². The first-order chi connectivity index (χ1) is 26.3. The van der Waals surface area contributed by atoms with Gasteiger partial charge in [-0.1, -0.05) is 17.2 Å². The first kappa shape index (κ1) is 35.9. The Hall–Kier alpha value is -3.74. The fraction of sp³-hybridized carbons (Fsp3) is 0.833. The molecule has 0 radical (unpaired) electrons. The van der Waals surface area contributed by atoms with Crippen molar-refractivity contribution in [3.63, 3.8) is 0 Å². The fourth-order valence-corrected chi connectivity index (χ4v) is 10.2. The Labute approximate surface area is 316 Å². The topological polar surface area (TPSA) is 178 Å². The molecular formula is C36H56N16O2. The van der Waals surface area contributed by atoms with Crippen LogP contribution in [0.25, 0.3) is 0 Å². The van der Waals surface area contributed by atoms with Gasteiger partial charge in [0.05, 0.1) is 23.9 Å². The summed E-state index contributed by atoms with van der Waals surface area (Å²) in [5, 5.41) is 32.4. The first-order valence-electron chi connectivity index (χ1n) is 20.4. The maximum atomic E-state index is 5.30. The highest BCUT2D eigenvalue weighted by Gasteiger charge is 2.43. The summed E-state index contributed by atoms with van der Waals surface area (Å²) in [5.74, 6) is 8.96. The molecule has 0 saturated carbocycles. The van der Waals surface area contributed by atoms with E-state index < -0.39 is 0 Å². The molecule has 4 aromatic heterocycles. The lowest BCUT2D eigenvalue weighted by Crippen LogP contribution is -2.48. The molecular weight excluding hydrogens is 689 g/mol. The van der Waals surface area contributed by atoms with Crippen LogP contribution in [-0.4, -0.2) is 159 Å². The zero-order chi connectivity index (χ0) is 36.8. The Balaban J connectivity index is 0.0000000950. The summed E-state index contributed by atoms with van der Waals surface area (Å²) in [6, 6.07) is 0.952.